The van der Waals surface area contributed by atoms with Crippen LogP contribution in [-0.4, -0.2) is 0 Å². The second-order valence-corrected chi connectivity index (χ2v) is 6.62. The van der Waals surface area contributed by atoms with E-state index in [9.17, 15) is 0 Å². The van der Waals surface area contributed by atoms with E-state index in [1.807, 2.05) is 0 Å². The van der Waals surface area contributed by atoms with E-state index in [1.165, 1.54) is 32.3 Å². The highest BCUT2D eigenvalue weighted by Crippen LogP contribution is 2.40. The highest BCUT2D eigenvalue weighted by atomic mass is 79.9. The number of halogens is 2. The smallest absolute Gasteiger partial charge is 0.0266 e. The van der Waals surface area contributed by atoms with Crippen LogP contribution in [0.15, 0.2) is 69.6 Å². The van der Waals surface area contributed by atoms with E-state index in [1.54, 1.807) is 0 Å². The fourth-order valence-electron chi connectivity index (χ4n) is 2.88. The third kappa shape index (κ3) is 1.72. The molecule has 2 heteroatoms. The lowest BCUT2D eigenvalue weighted by atomic mass is 9.97. The van der Waals surface area contributed by atoms with Crippen LogP contribution in [0.5, 0.6) is 0 Å². The zero-order valence-corrected chi connectivity index (χ0v) is 13.7. The molecule has 0 bridgehead atoms. The van der Waals surface area contributed by atoms with Gasteiger partial charge in [-0.2, -0.15) is 0 Å². The Morgan fingerprint density at radius 2 is 0.950 bits per heavy atom. The average Bonchev–Trinajstić information content (AvgIpc) is 2.47. The van der Waals surface area contributed by atoms with E-state index >= 15 is 0 Å². The molecule has 0 fully saturated rings. The van der Waals surface area contributed by atoms with E-state index in [4.69, 9.17) is 0 Å². The van der Waals surface area contributed by atoms with Crippen LogP contribution in [0.4, 0.5) is 0 Å². The number of fused-ring (bicyclic) bond motifs is 5. The molecule has 20 heavy (non-hydrogen) atoms. The second kappa shape index (κ2) is 4.57. The predicted octanol–water partition coefficient (Wildman–Crippen LogP) is 6.67. The van der Waals surface area contributed by atoms with Gasteiger partial charge in [0.05, 0.1) is 0 Å². The molecule has 0 unspecified atom stereocenters. The van der Waals surface area contributed by atoms with Gasteiger partial charge in [-0.1, -0.05) is 80.4 Å². The number of rotatable bonds is 0. The summed E-state index contributed by atoms with van der Waals surface area (Å²) in [7, 11) is 0. The molecule has 0 N–H and O–H groups in total. The molecule has 0 aliphatic heterocycles. The summed E-state index contributed by atoms with van der Waals surface area (Å²) in [6.45, 7) is 0. The molecule has 0 aliphatic carbocycles. The van der Waals surface area contributed by atoms with Crippen molar-refractivity contribution in [3.8, 4) is 0 Å². The Balaban J connectivity index is 2.40. The Bertz CT molecular complexity index is 890. The van der Waals surface area contributed by atoms with Crippen molar-refractivity contribution in [2.45, 2.75) is 0 Å². The molecule has 0 nitrogen and oxygen atoms in total. The summed E-state index contributed by atoms with van der Waals surface area (Å²) >= 11 is 7.50. The fourth-order valence-corrected chi connectivity index (χ4v) is 4.20. The lowest BCUT2D eigenvalue weighted by Crippen LogP contribution is -1.84. The van der Waals surface area contributed by atoms with Crippen molar-refractivity contribution in [2.24, 2.45) is 0 Å². The number of benzene rings is 4. The van der Waals surface area contributed by atoms with Crippen LogP contribution < -0.4 is 0 Å². The third-order valence-electron chi connectivity index (χ3n) is 3.75. The van der Waals surface area contributed by atoms with E-state index in [-0.39, 0.29) is 0 Å². The van der Waals surface area contributed by atoms with E-state index in [2.05, 4.69) is 92.5 Å². The molecule has 0 aromatic heterocycles. The first-order valence-electron chi connectivity index (χ1n) is 6.44. The molecular formula is C18H10Br2. The van der Waals surface area contributed by atoms with Crippen LogP contribution in [0.2, 0.25) is 0 Å². The van der Waals surface area contributed by atoms with Crippen molar-refractivity contribution >= 4 is 64.2 Å². The monoisotopic (exact) mass is 384 g/mol. The van der Waals surface area contributed by atoms with Crippen molar-refractivity contribution < 1.29 is 0 Å². The van der Waals surface area contributed by atoms with Gasteiger partial charge >= 0.3 is 0 Å². The summed E-state index contributed by atoms with van der Waals surface area (Å²) in [5.74, 6) is 0. The van der Waals surface area contributed by atoms with Crippen LogP contribution in [0, 0.1) is 0 Å². The molecular weight excluding hydrogens is 376 g/mol. The van der Waals surface area contributed by atoms with Gasteiger partial charge in [0, 0.05) is 19.7 Å². The Morgan fingerprint density at radius 3 is 1.40 bits per heavy atom. The summed E-state index contributed by atoms with van der Waals surface area (Å²) in [4.78, 5) is 0. The highest BCUT2D eigenvalue weighted by molar-refractivity contribution is 9.11. The van der Waals surface area contributed by atoms with Crippen LogP contribution in [0.3, 0.4) is 0 Å². The second-order valence-electron chi connectivity index (χ2n) is 4.91. The van der Waals surface area contributed by atoms with Gasteiger partial charge in [0.25, 0.3) is 0 Å². The summed E-state index contributed by atoms with van der Waals surface area (Å²) in [5, 5.41) is 7.61. The first-order chi connectivity index (χ1) is 9.75. The molecule has 0 aliphatic rings. The molecule has 0 amide bonds. The summed E-state index contributed by atoms with van der Waals surface area (Å²) < 4.78 is 2.28. The van der Waals surface area contributed by atoms with Crippen molar-refractivity contribution in [3.05, 3.63) is 69.6 Å². The quantitative estimate of drug-likeness (QED) is 0.296. The lowest BCUT2D eigenvalue weighted by Gasteiger charge is -2.12. The van der Waals surface area contributed by atoms with Crippen molar-refractivity contribution in [3.63, 3.8) is 0 Å². The fraction of sp³-hybridized carbons (Fsp3) is 0. The van der Waals surface area contributed by atoms with Crippen molar-refractivity contribution in [1.29, 1.82) is 0 Å². The Morgan fingerprint density at radius 1 is 0.550 bits per heavy atom. The molecule has 96 valence electrons. The number of hydrogen-bond donors (Lipinski definition) is 0. The van der Waals surface area contributed by atoms with Crippen LogP contribution in [0.1, 0.15) is 0 Å². The van der Waals surface area contributed by atoms with Crippen molar-refractivity contribution in [1.82, 2.24) is 0 Å². The van der Waals surface area contributed by atoms with Crippen molar-refractivity contribution in [2.75, 3.05) is 0 Å². The largest absolute Gasteiger partial charge is 0.0616 e. The number of hydrogen-bond acceptors (Lipinski definition) is 0. The molecule has 0 radical (unpaired) electrons. The predicted molar refractivity (Wildman–Crippen MR) is 94.4 cm³/mol. The van der Waals surface area contributed by atoms with E-state index in [0.717, 1.165) is 8.95 Å². The molecule has 0 saturated carbocycles. The van der Waals surface area contributed by atoms with E-state index in [0.29, 0.717) is 0 Å². The molecule has 0 spiro atoms. The molecule has 0 atom stereocenters. The van der Waals surface area contributed by atoms with E-state index < -0.39 is 0 Å². The summed E-state index contributed by atoms with van der Waals surface area (Å²) in [5.41, 5.74) is 0. The topological polar surface area (TPSA) is 0 Å². The minimum atomic E-state index is 1.14. The average molecular weight is 386 g/mol. The highest BCUT2D eigenvalue weighted by Gasteiger charge is 2.11. The zero-order chi connectivity index (χ0) is 13.7. The van der Waals surface area contributed by atoms with Crippen LogP contribution in [-0.2, 0) is 0 Å². The van der Waals surface area contributed by atoms with Gasteiger partial charge in [-0.15, -0.1) is 0 Å². The van der Waals surface area contributed by atoms with Gasteiger partial charge in [0.2, 0.25) is 0 Å². The minimum absolute atomic E-state index is 1.14. The molecule has 4 aromatic carbocycles. The Kier molecular flexibility index (Phi) is 2.83. The Hall–Kier alpha value is -1.38. The third-order valence-corrected chi connectivity index (χ3v) is 5.00. The van der Waals surface area contributed by atoms with Gasteiger partial charge in [0.15, 0.2) is 0 Å². The molecule has 0 saturated heterocycles. The summed E-state index contributed by atoms with van der Waals surface area (Å²) in [6.07, 6.45) is 0. The minimum Gasteiger partial charge on any atom is -0.0616 e. The first kappa shape index (κ1) is 12.4. The Labute approximate surface area is 133 Å². The lowest BCUT2D eigenvalue weighted by molar-refractivity contribution is 1.73. The molecule has 0 heterocycles. The normalized spacial score (nSPS) is 11.5. The van der Waals surface area contributed by atoms with Gasteiger partial charge in [-0.25, -0.2) is 0 Å². The summed E-state index contributed by atoms with van der Waals surface area (Å²) in [6, 6.07) is 21.4. The van der Waals surface area contributed by atoms with Gasteiger partial charge in [-0.3, -0.25) is 0 Å². The zero-order valence-electron chi connectivity index (χ0n) is 10.5. The maximum absolute atomic E-state index is 3.75. The maximum Gasteiger partial charge on any atom is 0.0266 e. The first-order valence-corrected chi connectivity index (χ1v) is 8.02. The molecule has 4 rings (SSSR count). The SMILES string of the molecule is Brc1cc2ccccc2c2c(Br)cc3ccccc3c12. The van der Waals surface area contributed by atoms with Crippen LogP contribution >= 0.6 is 31.9 Å². The molecule has 4 aromatic rings. The van der Waals surface area contributed by atoms with Gasteiger partial charge in [0.1, 0.15) is 0 Å². The van der Waals surface area contributed by atoms with Gasteiger partial charge < -0.3 is 0 Å². The van der Waals surface area contributed by atoms with Crippen LogP contribution in [0.25, 0.3) is 32.3 Å². The van der Waals surface area contributed by atoms with Gasteiger partial charge in [-0.05, 0) is 33.7 Å². The maximum atomic E-state index is 3.75. The standard InChI is InChI=1S/C18H10Br2/c19-15-9-11-5-1-3-7-13(11)17-16(20)10-12-6-2-4-8-14(12)18(15)17/h1-10H.